The lowest BCUT2D eigenvalue weighted by atomic mass is 10.2. The van der Waals surface area contributed by atoms with Crippen molar-refractivity contribution in [1.29, 1.82) is 0 Å². The first-order valence-electron chi connectivity index (χ1n) is 7.01. The summed E-state index contributed by atoms with van der Waals surface area (Å²) in [6.07, 6.45) is 7.10. The summed E-state index contributed by atoms with van der Waals surface area (Å²) in [5, 5.41) is 0.918. The molecular weight excluding hydrogens is 276 g/mol. The Morgan fingerprint density at radius 3 is 3.00 bits per heavy atom. The number of thiophene rings is 1. The van der Waals surface area contributed by atoms with Crippen LogP contribution in [0.3, 0.4) is 0 Å². The summed E-state index contributed by atoms with van der Waals surface area (Å²) < 4.78 is 2.37. The zero-order valence-electron chi connectivity index (χ0n) is 10.7. The van der Waals surface area contributed by atoms with E-state index < -0.39 is 0 Å². The zero-order valence-corrected chi connectivity index (χ0v) is 12.3. The van der Waals surface area contributed by atoms with Crippen LogP contribution in [0.25, 0.3) is 10.2 Å². The van der Waals surface area contributed by atoms with Crippen LogP contribution in [-0.4, -0.2) is 9.55 Å². The van der Waals surface area contributed by atoms with E-state index in [4.69, 9.17) is 12.2 Å². The summed E-state index contributed by atoms with van der Waals surface area (Å²) in [7, 11) is 0. The fraction of sp³-hybridized carbons (Fsp3) is 0.571. The highest BCUT2D eigenvalue weighted by molar-refractivity contribution is 7.71. The van der Waals surface area contributed by atoms with Crippen LogP contribution >= 0.6 is 23.6 Å². The van der Waals surface area contributed by atoms with Gasteiger partial charge in [0, 0.05) is 11.4 Å². The zero-order chi connectivity index (χ0) is 13.0. The molecule has 4 rings (SSSR count). The van der Waals surface area contributed by atoms with Crippen LogP contribution in [0.5, 0.6) is 0 Å². The fourth-order valence-electron chi connectivity index (χ4n) is 3.03. The van der Waals surface area contributed by atoms with Gasteiger partial charge in [-0.3, -0.25) is 9.36 Å². The maximum atomic E-state index is 12.7. The lowest BCUT2D eigenvalue weighted by Gasteiger charge is -2.06. The first-order chi connectivity index (χ1) is 9.24. The first-order valence-corrected chi connectivity index (χ1v) is 8.24. The number of hydrogen-bond acceptors (Lipinski definition) is 3. The van der Waals surface area contributed by atoms with Crippen molar-refractivity contribution in [2.75, 3.05) is 0 Å². The van der Waals surface area contributed by atoms with E-state index in [1.807, 2.05) is 0 Å². The standard InChI is InChI=1S/C14H16N2OS2/c17-13-11-9-2-1-3-10(9)19-12(11)15-14(18)16(13)7-6-8-4-5-8/h8H,1-7H2,(H,15,18). The van der Waals surface area contributed by atoms with E-state index in [1.54, 1.807) is 15.9 Å². The number of nitrogens with one attached hydrogen (secondary N) is 1. The van der Waals surface area contributed by atoms with E-state index in [9.17, 15) is 4.79 Å². The average Bonchev–Trinajstić information content (AvgIpc) is 2.97. The lowest BCUT2D eigenvalue weighted by molar-refractivity contribution is 0.572. The SMILES string of the molecule is O=c1c2c3c(sc2[nH]c(=S)n1CCC1CC1)CCC3. The molecule has 5 heteroatoms. The third kappa shape index (κ3) is 1.91. The second-order valence-electron chi connectivity index (χ2n) is 5.68. The second kappa shape index (κ2) is 4.28. The summed E-state index contributed by atoms with van der Waals surface area (Å²) in [5.41, 5.74) is 1.43. The molecule has 2 aliphatic rings. The van der Waals surface area contributed by atoms with Crippen molar-refractivity contribution in [3.63, 3.8) is 0 Å². The first kappa shape index (κ1) is 11.9. The molecule has 0 aromatic carbocycles. The van der Waals surface area contributed by atoms with Crippen molar-refractivity contribution in [2.24, 2.45) is 5.92 Å². The topological polar surface area (TPSA) is 37.8 Å². The quantitative estimate of drug-likeness (QED) is 0.880. The van der Waals surface area contributed by atoms with Crippen LogP contribution in [0.1, 0.15) is 36.1 Å². The molecule has 2 heterocycles. The molecular formula is C14H16N2OS2. The van der Waals surface area contributed by atoms with Crippen molar-refractivity contribution in [3.8, 4) is 0 Å². The van der Waals surface area contributed by atoms with Gasteiger partial charge in [-0.05, 0) is 49.4 Å². The Kier molecular flexibility index (Phi) is 2.67. The Morgan fingerprint density at radius 2 is 2.21 bits per heavy atom. The molecule has 0 atom stereocenters. The molecule has 1 fully saturated rings. The van der Waals surface area contributed by atoms with Gasteiger partial charge in [-0.15, -0.1) is 11.3 Å². The molecule has 3 nitrogen and oxygen atoms in total. The summed E-state index contributed by atoms with van der Waals surface area (Å²) >= 11 is 7.08. The van der Waals surface area contributed by atoms with E-state index in [2.05, 4.69) is 4.98 Å². The summed E-state index contributed by atoms with van der Waals surface area (Å²) in [4.78, 5) is 18.3. The molecule has 2 aromatic rings. The monoisotopic (exact) mass is 292 g/mol. The van der Waals surface area contributed by atoms with Gasteiger partial charge >= 0.3 is 0 Å². The molecule has 0 radical (unpaired) electrons. The molecule has 0 unspecified atom stereocenters. The Labute approximate surface area is 120 Å². The Hall–Kier alpha value is -0.940. The Balaban J connectivity index is 1.88. The third-order valence-electron chi connectivity index (χ3n) is 4.30. The van der Waals surface area contributed by atoms with Crippen molar-refractivity contribution in [2.45, 2.75) is 45.1 Å². The third-order valence-corrected chi connectivity index (χ3v) is 5.83. The predicted octanol–water partition coefficient (Wildman–Crippen LogP) is 3.41. The minimum atomic E-state index is 0.138. The van der Waals surface area contributed by atoms with Crippen LogP contribution in [-0.2, 0) is 19.4 Å². The van der Waals surface area contributed by atoms with E-state index in [1.165, 1.54) is 29.7 Å². The molecule has 0 aliphatic heterocycles. The Morgan fingerprint density at radius 1 is 1.37 bits per heavy atom. The predicted molar refractivity (Wildman–Crippen MR) is 80.6 cm³/mol. The number of nitrogens with zero attached hydrogens (tertiary/aromatic N) is 1. The van der Waals surface area contributed by atoms with E-state index >= 15 is 0 Å². The minimum absolute atomic E-state index is 0.138. The number of aromatic amines is 1. The molecule has 1 N–H and O–H groups in total. The van der Waals surface area contributed by atoms with Crippen LogP contribution in [0.15, 0.2) is 4.79 Å². The Bertz CT molecular complexity index is 764. The molecule has 100 valence electrons. The smallest absolute Gasteiger partial charge is 0.263 e. The molecule has 0 bridgehead atoms. The molecule has 2 aromatic heterocycles. The maximum Gasteiger partial charge on any atom is 0.263 e. The van der Waals surface area contributed by atoms with Gasteiger partial charge in [0.1, 0.15) is 4.83 Å². The molecule has 0 saturated heterocycles. The summed E-state index contributed by atoms with van der Waals surface area (Å²) in [6, 6.07) is 0. The highest BCUT2D eigenvalue weighted by Gasteiger charge is 2.23. The molecule has 0 amide bonds. The van der Waals surface area contributed by atoms with Crippen LogP contribution in [0.2, 0.25) is 0 Å². The van der Waals surface area contributed by atoms with Crippen LogP contribution < -0.4 is 5.56 Å². The molecule has 1 saturated carbocycles. The number of H-pyrrole nitrogens is 1. The van der Waals surface area contributed by atoms with E-state index in [-0.39, 0.29) is 5.56 Å². The largest absolute Gasteiger partial charge is 0.323 e. The number of aryl methyl sites for hydroxylation is 2. The highest BCUT2D eigenvalue weighted by atomic mass is 32.1. The van der Waals surface area contributed by atoms with Gasteiger partial charge in [0.15, 0.2) is 4.77 Å². The van der Waals surface area contributed by atoms with Crippen LogP contribution in [0.4, 0.5) is 0 Å². The van der Waals surface area contributed by atoms with Gasteiger partial charge in [0.2, 0.25) is 0 Å². The highest BCUT2D eigenvalue weighted by Crippen LogP contribution is 2.35. The van der Waals surface area contributed by atoms with E-state index in [0.717, 1.165) is 41.9 Å². The van der Waals surface area contributed by atoms with Gasteiger partial charge in [0.05, 0.1) is 5.39 Å². The molecule has 0 spiro atoms. The van der Waals surface area contributed by atoms with Gasteiger partial charge in [-0.2, -0.15) is 0 Å². The fourth-order valence-corrected chi connectivity index (χ4v) is 4.65. The van der Waals surface area contributed by atoms with Gasteiger partial charge in [0.25, 0.3) is 5.56 Å². The van der Waals surface area contributed by atoms with Crippen molar-refractivity contribution < 1.29 is 0 Å². The number of hydrogen-bond donors (Lipinski definition) is 1. The summed E-state index contributed by atoms with van der Waals surface area (Å²) in [5.74, 6) is 0.824. The van der Waals surface area contributed by atoms with Crippen LogP contribution in [0, 0.1) is 10.7 Å². The normalized spacial score (nSPS) is 18.1. The van der Waals surface area contributed by atoms with Crippen molar-refractivity contribution in [3.05, 3.63) is 25.6 Å². The molecule has 19 heavy (non-hydrogen) atoms. The lowest BCUT2D eigenvalue weighted by Crippen LogP contribution is -2.22. The minimum Gasteiger partial charge on any atom is -0.323 e. The summed E-state index contributed by atoms with van der Waals surface area (Å²) in [6.45, 7) is 0.777. The van der Waals surface area contributed by atoms with Gasteiger partial charge in [-0.25, -0.2) is 0 Å². The number of aromatic nitrogens is 2. The maximum absolute atomic E-state index is 12.7. The van der Waals surface area contributed by atoms with Crippen molar-refractivity contribution in [1.82, 2.24) is 9.55 Å². The van der Waals surface area contributed by atoms with Gasteiger partial charge < -0.3 is 4.98 Å². The average molecular weight is 292 g/mol. The molecule has 2 aliphatic carbocycles. The second-order valence-corrected chi connectivity index (χ2v) is 7.17. The van der Waals surface area contributed by atoms with Gasteiger partial charge in [-0.1, -0.05) is 12.8 Å². The van der Waals surface area contributed by atoms with Crippen molar-refractivity contribution >= 4 is 33.8 Å². The van der Waals surface area contributed by atoms with E-state index in [0.29, 0.717) is 4.77 Å². The number of rotatable bonds is 3. The number of fused-ring (bicyclic) bond motifs is 3.